The van der Waals surface area contributed by atoms with Crippen LogP contribution in [0, 0.1) is 0 Å². The van der Waals surface area contributed by atoms with Crippen LogP contribution in [0.1, 0.15) is 20.3 Å². The fourth-order valence-corrected chi connectivity index (χ4v) is 1.25. The Morgan fingerprint density at radius 1 is 1.21 bits per heavy atom. The fraction of sp³-hybridized carbons (Fsp3) is 0.833. The van der Waals surface area contributed by atoms with Gasteiger partial charge in [-0.1, -0.05) is 0 Å². The Morgan fingerprint density at radius 3 is 2.58 bits per heavy atom. The van der Waals surface area contributed by atoms with Crippen molar-refractivity contribution in [2.45, 2.75) is 26.3 Å². The van der Waals surface area contributed by atoms with Crippen LogP contribution in [0.15, 0.2) is 0 Å². The zero-order valence-electron chi connectivity index (χ0n) is 12.0. The molecule has 0 radical (unpaired) electrons. The maximum absolute atomic E-state index is 11.6. The van der Waals surface area contributed by atoms with Gasteiger partial charge in [-0.2, -0.15) is 0 Å². The number of ether oxygens (including phenoxy) is 2. The lowest BCUT2D eigenvalue weighted by molar-refractivity contribution is -0.121. The number of methoxy groups -OCH3 is 1. The van der Waals surface area contributed by atoms with E-state index in [0.29, 0.717) is 32.9 Å². The summed E-state index contributed by atoms with van der Waals surface area (Å²) in [7, 11) is 1.62. The molecule has 0 saturated heterocycles. The van der Waals surface area contributed by atoms with E-state index in [1.165, 1.54) is 0 Å². The molecule has 0 aliphatic heterocycles. The van der Waals surface area contributed by atoms with Crippen LogP contribution in [0.5, 0.6) is 0 Å². The first kappa shape index (κ1) is 17.8. The maximum atomic E-state index is 11.6. The predicted octanol–water partition coefficient (Wildman–Crippen LogP) is -0.137. The number of amides is 3. The molecule has 0 fully saturated rings. The predicted molar refractivity (Wildman–Crippen MR) is 72.0 cm³/mol. The van der Waals surface area contributed by atoms with Crippen LogP contribution in [0.25, 0.3) is 0 Å². The number of carbonyl (C=O) groups excluding carboxylic acids is 2. The van der Waals surface area contributed by atoms with E-state index in [9.17, 15) is 9.59 Å². The van der Waals surface area contributed by atoms with Gasteiger partial charge in [0.05, 0.1) is 19.3 Å². The third-order valence-corrected chi connectivity index (χ3v) is 2.32. The molecule has 1 atom stereocenters. The second-order valence-corrected chi connectivity index (χ2v) is 3.98. The number of urea groups is 1. The van der Waals surface area contributed by atoms with E-state index in [4.69, 9.17) is 9.47 Å². The first-order valence-electron chi connectivity index (χ1n) is 6.50. The quantitative estimate of drug-likeness (QED) is 0.483. The van der Waals surface area contributed by atoms with Gasteiger partial charge in [-0.15, -0.1) is 0 Å². The van der Waals surface area contributed by atoms with E-state index in [2.05, 4.69) is 16.0 Å². The Balaban J connectivity index is 3.54. The Bertz CT molecular complexity index is 261. The van der Waals surface area contributed by atoms with E-state index in [1.807, 2.05) is 0 Å². The van der Waals surface area contributed by atoms with Crippen LogP contribution in [0.4, 0.5) is 4.79 Å². The standard InChI is InChI=1S/C12H25N3O4/c1-4-13-12(17)15-11(16)10(2)14-6-5-7-19-9-8-18-3/h10,14H,4-9H2,1-3H3,(H2,13,15,16,17). The monoisotopic (exact) mass is 275 g/mol. The highest BCUT2D eigenvalue weighted by Crippen LogP contribution is 1.86. The van der Waals surface area contributed by atoms with Crippen LogP contribution >= 0.6 is 0 Å². The summed E-state index contributed by atoms with van der Waals surface area (Å²) in [4.78, 5) is 22.7. The van der Waals surface area contributed by atoms with E-state index in [0.717, 1.165) is 6.42 Å². The van der Waals surface area contributed by atoms with Crippen LogP contribution < -0.4 is 16.0 Å². The molecule has 3 amide bonds. The number of carbonyl (C=O) groups is 2. The van der Waals surface area contributed by atoms with E-state index in [-0.39, 0.29) is 5.91 Å². The zero-order chi connectivity index (χ0) is 14.5. The molecule has 3 N–H and O–H groups in total. The molecule has 1 unspecified atom stereocenters. The fourth-order valence-electron chi connectivity index (χ4n) is 1.25. The summed E-state index contributed by atoms with van der Waals surface area (Å²) in [5.74, 6) is -0.341. The summed E-state index contributed by atoms with van der Waals surface area (Å²) >= 11 is 0. The lowest BCUT2D eigenvalue weighted by Gasteiger charge is -2.13. The molecule has 7 heteroatoms. The Hall–Kier alpha value is -1.18. The number of imide groups is 1. The van der Waals surface area contributed by atoms with Crippen molar-refractivity contribution in [3.63, 3.8) is 0 Å². The second kappa shape index (κ2) is 11.9. The smallest absolute Gasteiger partial charge is 0.321 e. The van der Waals surface area contributed by atoms with Crippen molar-refractivity contribution in [2.75, 3.05) is 40.0 Å². The van der Waals surface area contributed by atoms with Crippen LogP contribution in [-0.4, -0.2) is 58.0 Å². The molecule has 0 saturated carbocycles. The number of rotatable bonds is 10. The van der Waals surface area contributed by atoms with Crippen molar-refractivity contribution in [3.8, 4) is 0 Å². The maximum Gasteiger partial charge on any atom is 0.321 e. The van der Waals surface area contributed by atoms with Gasteiger partial charge in [0.15, 0.2) is 0 Å². The molecule has 112 valence electrons. The molecular formula is C12H25N3O4. The first-order valence-corrected chi connectivity index (χ1v) is 6.50. The van der Waals surface area contributed by atoms with Gasteiger partial charge in [-0.05, 0) is 26.8 Å². The first-order chi connectivity index (χ1) is 9.11. The second-order valence-electron chi connectivity index (χ2n) is 3.98. The van der Waals surface area contributed by atoms with Gasteiger partial charge in [0, 0.05) is 20.3 Å². The zero-order valence-corrected chi connectivity index (χ0v) is 12.0. The van der Waals surface area contributed by atoms with Crippen LogP contribution in [0.3, 0.4) is 0 Å². The lowest BCUT2D eigenvalue weighted by Crippen LogP contribution is -2.48. The summed E-state index contributed by atoms with van der Waals surface area (Å²) in [6.07, 6.45) is 0.794. The van der Waals surface area contributed by atoms with Crippen molar-refractivity contribution < 1.29 is 19.1 Å². The third kappa shape index (κ3) is 10.4. The van der Waals surface area contributed by atoms with Gasteiger partial charge >= 0.3 is 6.03 Å². The lowest BCUT2D eigenvalue weighted by atomic mass is 10.3. The highest BCUT2D eigenvalue weighted by atomic mass is 16.5. The van der Waals surface area contributed by atoms with Gasteiger partial charge in [-0.25, -0.2) is 4.79 Å². The summed E-state index contributed by atoms with van der Waals surface area (Å²) in [6.45, 7) is 6.40. The Kier molecular flexibility index (Phi) is 11.1. The molecule has 19 heavy (non-hydrogen) atoms. The minimum Gasteiger partial charge on any atom is -0.382 e. The SMILES string of the molecule is CCNC(=O)NC(=O)C(C)NCCCOCCOC. The third-order valence-electron chi connectivity index (χ3n) is 2.32. The van der Waals surface area contributed by atoms with Crippen LogP contribution in [0.2, 0.25) is 0 Å². The van der Waals surface area contributed by atoms with Crippen molar-refractivity contribution in [1.29, 1.82) is 0 Å². The Labute approximate surface area is 114 Å². The minimum atomic E-state index is -0.468. The molecule has 0 rings (SSSR count). The van der Waals surface area contributed by atoms with Gasteiger partial charge < -0.3 is 20.1 Å². The van der Waals surface area contributed by atoms with Gasteiger partial charge in [-0.3, -0.25) is 10.1 Å². The summed E-state index contributed by atoms with van der Waals surface area (Å²) < 4.78 is 10.1. The average molecular weight is 275 g/mol. The molecular weight excluding hydrogens is 250 g/mol. The van der Waals surface area contributed by atoms with Gasteiger partial charge in [0.25, 0.3) is 0 Å². The average Bonchev–Trinajstić information content (AvgIpc) is 2.37. The summed E-state index contributed by atoms with van der Waals surface area (Å²) in [5, 5.41) is 7.76. The molecule has 0 aromatic heterocycles. The summed E-state index contributed by atoms with van der Waals surface area (Å²) in [6, 6.07) is -0.884. The normalized spacial score (nSPS) is 11.9. The van der Waals surface area contributed by atoms with E-state index < -0.39 is 12.1 Å². The number of nitrogens with one attached hydrogen (secondary N) is 3. The van der Waals surface area contributed by atoms with E-state index >= 15 is 0 Å². The topological polar surface area (TPSA) is 88.7 Å². The number of hydrogen-bond donors (Lipinski definition) is 3. The summed E-state index contributed by atoms with van der Waals surface area (Å²) in [5.41, 5.74) is 0. The van der Waals surface area contributed by atoms with Gasteiger partial charge in [0.1, 0.15) is 0 Å². The minimum absolute atomic E-state index is 0.341. The molecule has 0 aromatic rings. The van der Waals surface area contributed by atoms with Crippen LogP contribution in [-0.2, 0) is 14.3 Å². The van der Waals surface area contributed by atoms with Crippen molar-refractivity contribution >= 4 is 11.9 Å². The number of hydrogen-bond acceptors (Lipinski definition) is 5. The molecule has 0 bridgehead atoms. The molecule has 0 aliphatic rings. The van der Waals surface area contributed by atoms with Crippen molar-refractivity contribution in [1.82, 2.24) is 16.0 Å². The largest absolute Gasteiger partial charge is 0.382 e. The highest BCUT2D eigenvalue weighted by Gasteiger charge is 2.14. The molecule has 0 heterocycles. The van der Waals surface area contributed by atoms with Crippen molar-refractivity contribution in [3.05, 3.63) is 0 Å². The van der Waals surface area contributed by atoms with Crippen molar-refractivity contribution in [2.24, 2.45) is 0 Å². The molecule has 0 spiro atoms. The van der Waals surface area contributed by atoms with E-state index in [1.54, 1.807) is 21.0 Å². The van der Waals surface area contributed by atoms with Gasteiger partial charge in [0.2, 0.25) is 5.91 Å². The highest BCUT2D eigenvalue weighted by molar-refractivity contribution is 5.96. The Morgan fingerprint density at radius 2 is 1.95 bits per heavy atom. The molecule has 7 nitrogen and oxygen atoms in total. The molecule has 0 aliphatic carbocycles. The molecule has 0 aromatic carbocycles.